The van der Waals surface area contributed by atoms with Crippen LogP contribution in [0.5, 0.6) is 0 Å². The van der Waals surface area contributed by atoms with Gasteiger partial charge in [0.15, 0.2) is 0 Å². The number of hydrogen-bond acceptors (Lipinski definition) is 5. The summed E-state index contributed by atoms with van der Waals surface area (Å²) in [4.78, 5) is 8.36. The fraction of sp³-hybridized carbons (Fsp3) is 0.200. The van der Waals surface area contributed by atoms with Crippen molar-refractivity contribution in [2.45, 2.75) is 13.0 Å². The van der Waals surface area contributed by atoms with Crippen LogP contribution in [0.15, 0.2) is 29.4 Å². The minimum Gasteiger partial charge on any atom is -0.271 e. The third-order valence-electron chi connectivity index (χ3n) is 2.30. The normalized spacial score (nSPS) is 12.7. The van der Waals surface area contributed by atoms with Gasteiger partial charge >= 0.3 is 0 Å². The summed E-state index contributed by atoms with van der Waals surface area (Å²) in [5, 5.41) is 1.98. The van der Waals surface area contributed by atoms with Crippen molar-refractivity contribution in [2.75, 3.05) is 0 Å². The first-order valence-electron chi connectivity index (χ1n) is 4.57. The molecular formula is C10H12N4S. The first-order valence-corrected chi connectivity index (χ1v) is 5.52. The van der Waals surface area contributed by atoms with Crippen LogP contribution in [0.25, 0.3) is 0 Å². The van der Waals surface area contributed by atoms with Gasteiger partial charge in [0.1, 0.15) is 0 Å². The molecule has 5 heteroatoms. The molecule has 2 aromatic rings. The number of aryl methyl sites for hydroxylation is 1. The third kappa shape index (κ3) is 2.04. The smallest absolute Gasteiger partial charge is 0.0907 e. The summed E-state index contributed by atoms with van der Waals surface area (Å²) in [6.07, 6.45) is 3.59. The van der Waals surface area contributed by atoms with Gasteiger partial charge in [-0.1, -0.05) is 0 Å². The molecule has 2 heterocycles. The highest BCUT2D eigenvalue weighted by Gasteiger charge is 2.16. The molecule has 1 atom stereocenters. The maximum Gasteiger partial charge on any atom is 0.0907 e. The lowest BCUT2D eigenvalue weighted by molar-refractivity contribution is 0.619. The average Bonchev–Trinajstić information content (AvgIpc) is 2.75. The SMILES string of the molecule is Cc1ccncc1C(NN)c1cscn1. The van der Waals surface area contributed by atoms with Gasteiger partial charge in [-0.05, 0) is 24.1 Å². The van der Waals surface area contributed by atoms with Gasteiger partial charge in [-0.3, -0.25) is 10.8 Å². The molecule has 1 unspecified atom stereocenters. The predicted octanol–water partition coefficient (Wildman–Crippen LogP) is 1.40. The van der Waals surface area contributed by atoms with Crippen LogP contribution in [0.3, 0.4) is 0 Å². The lowest BCUT2D eigenvalue weighted by Gasteiger charge is -2.15. The Morgan fingerprint density at radius 3 is 3.00 bits per heavy atom. The molecule has 0 aromatic carbocycles. The Hall–Kier alpha value is -1.30. The van der Waals surface area contributed by atoms with Crippen LogP contribution >= 0.6 is 11.3 Å². The van der Waals surface area contributed by atoms with E-state index in [1.165, 1.54) is 0 Å². The second-order valence-electron chi connectivity index (χ2n) is 3.25. The minimum atomic E-state index is -0.0788. The summed E-state index contributed by atoms with van der Waals surface area (Å²) in [6.45, 7) is 2.04. The quantitative estimate of drug-likeness (QED) is 0.606. The average molecular weight is 220 g/mol. The second-order valence-corrected chi connectivity index (χ2v) is 3.96. The van der Waals surface area contributed by atoms with Crippen LogP contribution in [-0.4, -0.2) is 9.97 Å². The van der Waals surface area contributed by atoms with Gasteiger partial charge in [-0.15, -0.1) is 11.3 Å². The summed E-state index contributed by atoms with van der Waals surface area (Å²) in [7, 11) is 0. The first kappa shape index (κ1) is 10.2. The molecular weight excluding hydrogens is 208 g/mol. The maximum atomic E-state index is 5.55. The van der Waals surface area contributed by atoms with Gasteiger partial charge in [0.25, 0.3) is 0 Å². The zero-order chi connectivity index (χ0) is 10.7. The van der Waals surface area contributed by atoms with Crippen molar-refractivity contribution in [1.82, 2.24) is 15.4 Å². The highest BCUT2D eigenvalue weighted by molar-refractivity contribution is 7.07. The molecule has 0 aliphatic heterocycles. The van der Waals surface area contributed by atoms with E-state index in [0.29, 0.717) is 0 Å². The number of rotatable bonds is 3. The fourth-order valence-corrected chi connectivity index (χ4v) is 2.06. The van der Waals surface area contributed by atoms with E-state index in [4.69, 9.17) is 5.84 Å². The van der Waals surface area contributed by atoms with Gasteiger partial charge in [0.2, 0.25) is 0 Å². The molecule has 0 spiro atoms. The van der Waals surface area contributed by atoms with E-state index in [-0.39, 0.29) is 6.04 Å². The molecule has 2 aromatic heterocycles. The van der Waals surface area contributed by atoms with Gasteiger partial charge in [0, 0.05) is 17.8 Å². The summed E-state index contributed by atoms with van der Waals surface area (Å²) >= 11 is 1.56. The van der Waals surface area contributed by atoms with E-state index in [1.807, 2.05) is 24.6 Å². The Morgan fingerprint density at radius 2 is 2.40 bits per heavy atom. The molecule has 0 amide bonds. The Bertz CT molecular complexity index is 427. The van der Waals surface area contributed by atoms with E-state index in [1.54, 1.807) is 23.0 Å². The van der Waals surface area contributed by atoms with Crippen molar-refractivity contribution in [3.8, 4) is 0 Å². The van der Waals surface area contributed by atoms with Gasteiger partial charge in [-0.25, -0.2) is 10.4 Å². The third-order valence-corrected chi connectivity index (χ3v) is 2.91. The van der Waals surface area contributed by atoms with Crippen LogP contribution in [0.2, 0.25) is 0 Å². The highest BCUT2D eigenvalue weighted by atomic mass is 32.1. The maximum absolute atomic E-state index is 5.55. The van der Waals surface area contributed by atoms with E-state index in [9.17, 15) is 0 Å². The van der Waals surface area contributed by atoms with E-state index >= 15 is 0 Å². The molecule has 2 rings (SSSR count). The van der Waals surface area contributed by atoms with Crippen molar-refractivity contribution in [2.24, 2.45) is 5.84 Å². The number of nitrogens with two attached hydrogens (primary N) is 1. The van der Waals surface area contributed by atoms with Gasteiger partial charge < -0.3 is 0 Å². The summed E-state index contributed by atoms with van der Waals surface area (Å²) in [6, 6.07) is 1.89. The number of nitrogens with one attached hydrogen (secondary N) is 1. The molecule has 0 radical (unpaired) electrons. The van der Waals surface area contributed by atoms with Crippen LogP contribution in [0, 0.1) is 6.92 Å². The largest absolute Gasteiger partial charge is 0.271 e. The molecule has 0 saturated carbocycles. The summed E-state index contributed by atoms with van der Waals surface area (Å²) in [5.41, 5.74) is 7.71. The van der Waals surface area contributed by atoms with Crippen molar-refractivity contribution < 1.29 is 0 Å². The Morgan fingerprint density at radius 1 is 1.53 bits per heavy atom. The minimum absolute atomic E-state index is 0.0788. The predicted molar refractivity (Wildman–Crippen MR) is 60.3 cm³/mol. The molecule has 15 heavy (non-hydrogen) atoms. The van der Waals surface area contributed by atoms with Crippen molar-refractivity contribution in [3.63, 3.8) is 0 Å². The highest BCUT2D eigenvalue weighted by Crippen LogP contribution is 2.22. The van der Waals surface area contributed by atoms with E-state index < -0.39 is 0 Å². The van der Waals surface area contributed by atoms with Crippen LogP contribution in [-0.2, 0) is 0 Å². The van der Waals surface area contributed by atoms with Crippen LogP contribution in [0.4, 0.5) is 0 Å². The van der Waals surface area contributed by atoms with Crippen molar-refractivity contribution >= 4 is 11.3 Å². The molecule has 0 aliphatic carbocycles. The van der Waals surface area contributed by atoms with Crippen molar-refractivity contribution in [1.29, 1.82) is 0 Å². The topological polar surface area (TPSA) is 63.8 Å². The number of aromatic nitrogens is 2. The Labute approximate surface area is 92.2 Å². The number of hydrazine groups is 1. The number of pyridine rings is 1. The molecule has 0 fully saturated rings. The number of hydrogen-bond donors (Lipinski definition) is 2. The molecule has 0 saturated heterocycles. The molecule has 0 bridgehead atoms. The van der Waals surface area contributed by atoms with Crippen LogP contribution < -0.4 is 11.3 Å². The molecule has 3 N–H and O–H groups in total. The van der Waals surface area contributed by atoms with E-state index in [0.717, 1.165) is 16.8 Å². The fourth-order valence-electron chi connectivity index (χ4n) is 1.48. The first-order chi connectivity index (χ1) is 7.33. The van der Waals surface area contributed by atoms with Gasteiger partial charge in [0.05, 0.1) is 17.2 Å². The lowest BCUT2D eigenvalue weighted by atomic mass is 10.0. The van der Waals surface area contributed by atoms with Crippen LogP contribution in [0.1, 0.15) is 22.9 Å². The zero-order valence-corrected chi connectivity index (χ0v) is 9.16. The number of nitrogens with zero attached hydrogens (tertiary/aromatic N) is 2. The summed E-state index contributed by atoms with van der Waals surface area (Å²) in [5.74, 6) is 5.55. The van der Waals surface area contributed by atoms with Crippen molar-refractivity contribution in [3.05, 3.63) is 46.2 Å². The number of thiazole rings is 1. The zero-order valence-electron chi connectivity index (χ0n) is 8.34. The lowest BCUT2D eigenvalue weighted by Crippen LogP contribution is -2.29. The Balaban J connectivity index is 2.40. The second kappa shape index (κ2) is 4.48. The van der Waals surface area contributed by atoms with E-state index in [2.05, 4.69) is 15.4 Å². The summed E-state index contributed by atoms with van der Waals surface area (Å²) < 4.78 is 0. The molecule has 0 aliphatic rings. The Kier molecular flexibility index (Phi) is 3.05. The molecule has 4 nitrogen and oxygen atoms in total. The standard InChI is InChI=1S/C10H12N4S/c1-7-2-3-12-4-8(7)10(14-11)9-5-15-6-13-9/h2-6,10,14H,11H2,1H3. The van der Waals surface area contributed by atoms with Gasteiger partial charge in [-0.2, -0.15) is 0 Å². The molecule has 78 valence electrons. The monoisotopic (exact) mass is 220 g/mol.